The van der Waals surface area contributed by atoms with Gasteiger partial charge in [0.25, 0.3) is 0 Å². The number of carbonyl (C=O) groups is 1. The molecule has 1 heterocycles. The SMILES string of the molecule is CN(CCCc1ccccc1)CC(=O)[C@@H]1CCCN1Cc1ccccc1. The van der Waals surface area contributed by atoms with Gasteiger partial charge in [-0.25, -0.2) is 0 Å². The van der Waals surface area contributed by atoms with E-state index in [-0.39, 0.29) is 6.04 Å². The Morgan fingerprint density at radius 3 is 2.38 bits per heavy atom. The van der Waals surface area contributed by atoms with Gasteiger partial charge in [-0.3, -0.25) is 14.6 Å². The van der Waals surface area contributed by atoms with Gasteiger partial charge in [0.1, 0.15) is 0 Å². The molecule has 3 rings (SSSR count). The summed E-state index contributed by atoms with van der Waals surface area (Å²) in [6, 6.07) is 21.1. The van der Waals surface area contributed by atoms with Gasteiger partial charge >= 0.3 is 0 Å². The number of benzene rings is 2. The first-order valence-corrected chi connectivity index (χ1v) is 9.75. The van der Waals surface area contributed by atoms with E-state index in [2.05, 4.69) is 71.4 Å². The summed E-state index contributed by atoms with van der Waals surface area (Å²) >= 11 is 0. The first kappa shape index (κ1) is 18.8. The molecule has 0 amide bonds. The Kier molecular flexibility index (Phi) is 6.98. The van der Waals surface area contributed by atoms with Gasteiger partial charge in [-0.1, -0.05) is 60.7 Å². The normalized spacial score (nSPS) is 17.7. The van der Waals surface area contributed by atoms with Crippen LogP contribution in [0.15, 0.2) is 60.7 Å². The second-order valence-electron chi connectivity index (χ2n) is 7.41. The molecular weight excluding hydrogens is 320 g/mol. The largest absolute Gasteiger partial charge is 0.299 e. The predicted octanol–water partition coefficient (Wildman–Crippen LogP) is 3.78. The number of hydrogen-bond donors (Lipinski definition) is 0. The molecular formula is C23H30N2O. The van der Waals surface area contributed by atoms with E-state index in [1.165, 1.54) is 11.1 Å². The minimum absolute atomic E-state index is 0.0896. The third-order valence-corrected chi connectivity index (χ3v) is 5.24. The number of rotatable bonds is 9. The van der Waals surface area contributed by atoms with Gasteiger partial charge in [0.15, 0.2) is 5.78 Å². The monoisotopic (exact) mass is 350 g/mol. The van der Waals surface area contributed by atoms with Crippen molar-refractivity contribution in [2.75, 3.05) is 26.7 Å². The molecule has 1 atom stereocenters. The molecule has 3 nitrogen and oxygen atoms in total. The minimum Gasteiger partial charge on any atom is -0.299 e. The van der Waals surface area contributed by atoms with E-state index in [1.807, 2.05) is 6.07 Å². The molecule has 1 fully saturated rings. The average molecular weight is 351 g/mol. The number of hydrogen-bond acceptors (Lipinski definition) is 3. The summed E-state index contributed by atoms with van der Waals surface area (Å²) in [5.41, 5.74) is 2.67. The molecule has 3 heteroatoms. The van der Waals surface area contributed by atoms with Crippen LogP contribution < -0.4 is 0 Å². The highest BCUT2D eigenvalue weighted by Crippen LogP contribution is 2.21. The van der Waals surface area contributed by atoms with Crippen LogP contribution in [0.5, 0.6) is 0 Å². The number of aryl methyl sites for hydroxylation is 1. The first-order valence-electron chi connectivity index (χ1n) is 9.75. The molecule has 138 valence electrons. The molecule has 1 aliphatic heterocycles. The molecule has 0 saturated carbocycles. The lowest BCUT2D eigenvalue weighted by Gasteiger charge is -2.25. The summed E-state index contributed by atoms with van der Waals surface area (Å²) < 4.78 is 0. The van der Waals surface area contributed by atoms with Crippen LogP contribution in [0, 0.1) is 0 Å². The number of ketones is 1. The Morgan fingerprint density at radius 2 is 1.69 bits per heavy atom. The van der Waals surface area contributed by atoms with Crippen molar-refractivity contribution in [3.05, 3.63) is 71.8 Å². The molecule has 0 radical (unpaired) electrons. The minimum atomic E-state index is 0.0896. The van der Waals surface area contributed by atoms with E-state index < -0.39 is 0 Å². The lowest BCUT2D eigenvalue weighted by molar-refractivity contribution is -0.124. The van der Waals surface area contributed by atoms with Crippen LogP contribution in [-0.2, 0) is 17.8 Å². The first-order chi connectivity index (χ1) is 12.7. The molecule has 1 aliphatic rings. The standard InChI is InChI=1S/C23H30N2O/c1-24(16-8-14-20-10-4-2-5-11-20)19-23(26)22-15-9-17-25(22)18-21-12-6-3-7-13-21/h2-7,10-13,22H,8-9,14-19H2,1H3/t22-/m0/s1. The smallest absolute Gasteiger partial charge is 0.163 e. The number of likely N-dealkylation sites (tertiary alicyclic amines) is 1. The van der Waals surface area contributed by atoms with E-state index in [9.17, 15) is 4.79 Å². The van der Waals surface area contributed by atoms with Crippen molar-refractivity contribution >= 4 is 5.78 Å². The highest BCUT2D eigenvalue weighted by atomic mass is 16.1. The van der Waals surface area contributed by atoms with Crippen LogP contribution in [0.25, 0.3) is 0 Å². The second kappa shape index (κ2) is 9.65. The zero-order valence-corrected chi connectivity index (χ0v) is 15.8. The highest BCUT2D eigenvalue weighted by molar-refractivity contribution is 5.86. The maximum atomic E-state index is 12.8. The number of Topliss-reactive ketones (excluding diaryl/α,β-unsaturated/α-hetero) is 1. The van der Waals surface area contributed by atoms with Crippen molar-refractivity contribution < 1.29 is 4.79 Å². The van der Waals surface area contributed by atoms with Crippen molar-refractivity contribution in [2.24, 2.45) is 0 Å². The Hall–Kier alpha value is -1.97. The van der Waals surface area contributed by atoms with E-state index in [0.29, 0.717) is 12.3 Å². The molecule has 0 bridgehead atoms. The van der Waals surface area contributed by atoms with Crippen LogP contribution in [0.2, 0.25) is 0 Å². The summed E-state index contributed by atoms with van der Waals surface area (Å²) in [5.74, 6) is 0.376. The van der Waals surface area contributed by atoms with Gasteiger partial charge < -0.3 is 0 Å². The molecule has 0 unspecified atom stereocenters. The van der Waals surface area contributed by atoms with Crippen molar-refractivity contribution in [1.29, 1.82) is 0 Å². The number of nitrogens with zero attached hydrogens (tertiary/aromatic N) is 2. The summed E-state index contributed by atoms with van der Waals surface area (Å²) in [6.45, 7) is 3.44. The van der Waals surface area contributed by atoms with Crippen LogP contribution >= 0.6 is 0 Å². The zero-order chi connectivity index (χ0) is 18.2. The quantitative estimate of drug-likeness (QED) is 0.687. The molecule has 26 heavy (non-hydrogen) atoms. The van der Waals surface area contributed by atoms with Crippen molar-refractivity contribution in [2.45, 2.75) is 38.3 Å². The average Bonchev–Trinajstić information content (AvgIpc) is 3.12. The maximum absolute atomic E-state index is 12.8. The molecule has 0 aromatic heterocycles. The summed E-state index contributed by atoms with van der Waals surface area (Å²) in [6.07, 6.45) is 4.29. The summed E-state index contributed by atoms with van der Waals surface area (Å²) in [7, 11) is 2.07. The van der Waals surface area contributed by atoms with Crippen LogP contribution in [0.4, 0.5) is 0 Å². The van der Waals surface area contributed by atoms with Gasteiger partial charge in [-0.2, -0.15) is 0 Å². The third-order valence-electron chi connectivity index (χ3n) is 5.24. The van der Waals surface area contributed by atoms with Gasteiger partial charge in [0.2, 0.25) is 0 Å². The Balaban J connectivity index is 1.44. The van der Waals surface area contributed by atoms with Crippen LogP contribution in [-0.4, -0.2) is 48.3 Å². The second-order valence-corrected chi connectivity index (χ2v) is 7.41. The zero-order valence-electron chi connectivity index (χ0n) is 15.8. The molecule has 2 aromatic carbocycles. The molecule has 0 spiro atoms. The van der Waals surface area contributed by atoms with Crippen molar-refractivity contribution in [1.82, 2.24) is 9.80 Å². The number of likely N-dealkylation sites (N-methyl/N-ethyl adjacent to an activating group) is 1. The third kappa shape index (κ3) is 5.52. The number of carbonyl (C=O) groups excluding carboxylic acids is 1. The van der Waals surface area contributed by atoms with E-state index in [0.717, 1.165) is 45.3 Å². The summed E-state index contributed by atoms with van der Waals surface area (Å²) in [4.78, 5) is 17.3. The lowest BCUT2D eigenvalue weighted by atomic mass is 10.1. The van der Waals surface area contributed by atoms with Crippen molar-refractivity contribution in [3.63, 3.8) is 0 Å². The molecule has 0 N–H and O–H groups in total. The van der Waals surface area contributed by atoms with E-state index >= 15 is 0 Å². The maximum Gasteiger partial charge on any atom is 0.163 e. The van der Waals surface area contributed by atoms with Crippen molar-refractivity contribution in [3.8, 4) is 0 Å². The predicted molar refractivity (Wildman–Crippen MR) is 107 cm³/mol. The molecule has 2 aromatic rings. The van der Waals surface area contributed by atoms with Crippen LogP contribution in [0.1, 0.15) is 30.4 Å². The Morgan fingerprint density at radius 1 is 1.04 bits per heavy atom. The fourth-order valence-electron chi connectivity index (χ4n) is 3.85. The van der Waals surface area contributed by atoms with Gasteiger partial charge in [-0.05, 0) is 56.9 Å². The van der Waals surface area contributed by atoms with Gasteiger partial charge in [0.05, 0.1) is 12.6 Å². The fourth-order valence-corrected chi connectivity index (χ4v) is 3.85. The Labute approximate surface area is 157 Å². The Bertz CT molecular complexity index is 671. The highest BCUT2D eigenvalue weighted by Gasteiger charge is 2.30. The van der Waals surface area contributed by atoms with Gasteiger partial charge in [0, 0.05) is 6.54 Å². The van der Waals surface area contributed by atoms with Crippen LogP contribution in [0.3, 0.4) is 0 Å². The topological polar surface area (TPSA) is 23.6 Å². The molecule has 0 aliphatic carbocycles. The van der Waals surface area contributed by atoms with Gasteiger partial charge in [-0.15, -0.1) is 0 Å². The lowest BCUT2D eigenvalue weighted by Crippen LogP contribution is -2.41. The van der Waals surface area contributed by atoms with E-state index in [1.54, 1.807) is 0 Å². The molecule has 1 saturated heterocycles. The van der Waals surface area contributed by atoms with E-state index in [4.69, 9.17) is 0 Å². The summed E-state index contributed by atoms with van der Waals surface area (Å²) in [5, 5.41) is 0. The fraction of sp³-hybridized carbons (Fsp3) is 0.435.